The van der Waals surface area contributed by atoms with Gasteiger partial charge in [0.05, 0.1) is 0 Å². The number of benzene rings is 1. The molecule has 0 bridgehead atoms. The van der Waals surface area contributed by atoms with Crippen molar-refractivity contribution >= 4 is 28.2 Å². The minimum Gasteiger partial charge on any atom is -0.349 e. The van der Waals surface area contributed by atoms with Crippen LogP contribution in [0.4, 0.5) is 10.2 Å². The molecule has 1 atom stereocenters. The molecule has 26 heavy (non-hydrogen) atoms. The lowest BCUT2D eigenvalue weighted by Crippen LogP contribution is -2.51. The van der Waals surface area contributed by atoms with Crippen LogP contribution in [0.15, 0.2) is 36.7 Å². The summed E-state index contributed by atoms with van der Waals surface area (Å²) in [5, 5.41) is 10.9. The fourth-order valence-electron chi connectivity index (χ4n) is 3.53. The number of anilines is 1. The van der Waals surface area contributed by atoms with E-state index in [-0.39, 0.29) is 0 Å². The molecule has 4 rings (SSSR count). The molecular formula is C19H19ClFN5. The van der Waals surface area contributed by atoms with Gasteiger partial charge in [-0.25, -0.2) is 4.39 Å². The quantitative estimate of drug-likeness (QED) is 0.688. The monoisotopic (exact) mass is 371 g/mol. The second kappa shape index (κ2) is 6.78. The van der Waals surface area contributed by atoms with Crippen LogP contribution in [0.3, 0.4) is 0 Å². The molecule has 3 aromatic rings. The van der Waals surface area contributed by atoms with Gasteiger partial charge in [0.2, 0.25) is 0 Å². The van der Waals surface area contributed by atoms with Gasteiger partial charge in [-0.05, 0) is 38.2 Å². The Morgan fingerprint density at radius 2 is 2.00 bits per heavy atom. The number of likely N-dealkylation sites (N-methyl/N-ethyl adjacent to an activating group) is 1. The van der Waals surface area contributed by atoms with Gasteiger partial charge < -0.3 is 9.80 Å². The van der Waals surface area contributed by atoms with E-state index in [9.17, 15) is 4.39 Å². The molecule has 3 heterocycles. The smallest absolute Gasteiger partial charge is 0.161 e. The van der Waals surface area contributed by atoms with Crippen molar-refractivity contribution in [1.82, 2.24) is 20.1 Å². The third kappa shape index (κ3) is 2.99. The van der Waals surface area contributed by atoms with Gasteiger partial charge in [-0.1, -0.05) is 11.6 Å². The van der Waals surface area contributed by atoms with Crippen molar-refractivity contribution in [2.45, 2.75) is 13.0 Å². The standard InChI is InChI=1S/C19H19ClFN5/c1-12-11-25(2)7-8-26(12)19-16-10-22-6-5-14(16)18(23-24-19)15-4-3-13(20)9-17(15)21/h3-6,9-10,12H,7-8,11H2,1-2H3. The van der Waals surface area contributed by atoms with Crippen molar-refractivity contribution in [1.29, 1.82) is 0 Å². The zero-order valence-corrected chi connectivity index (χ0v) is 15.4. The number of piperazine rings is 1. The summed E-state index contributed by atoms with van der Waals surface area (Å²) >= 11 is 5.88. The molecule has 1 unspecified atom stereocenters. The summed E-state index contributed by atoms with van der Waals surface area (Å²) in [6.45, 7) is 4.95. The van der Waals surface area contributed by atoms with Gasteiger partial charge >= 0.3 is 0 Å². The Morgan fingerprint density at radius 1 is 1.15 bits per heavy atom. The lowest BCUT2D eigenvalue weighted by Gasteiger charge is -2.39. The minimum absolute atomic E-state index is 0.310. The first kappa shape index (κ1) is 17.1. The number of fused-ring (bicyclic) bond motifs is 1. The molecule has 2 aromatic heterocycles. The first-order chi connectivity index (χ1) is 12.5. The van der Waals surface area contributed by atoms with Crippen LogP contribution in [0.25, 0.3) is 22.0 Å². The van der Waals surface area contributed by atoms with E-state index in [0.717, 1.165) is 36.2 Å². The average molecular weight is 372 g/mol. The van der Waals surface area contributed by atoms with Gasteiger partial charge in [0.1, 0.15) is 11.5 Å². The van der Waals surface area contributed by atoms with E-state index in [1.54, 1.807) is 24.5 Å². The normalized spacial score (nSPS) is 18.5. The molecule has 0 spiro atoms. The van der Waals surface area contributed by atoms with E-state index in [1.807, 2.05) is 6.07 Å². The number of hydrogen-bond donors (Lipinski definition) is 0. The zero-order valence-electron chi connectivity index (χ0n) is 14.7. The second-order valence-electron chi connectivity index (χ2n) is 6.72. The van der Waals surface area contributed by atoms with E-state index < -0.39 is 5.82 Å². The van der Waals surface area contributed by atoms with Gasteiger partial charge in [0.15, 0.2) is 5.82 Å². The van der Waals surface area contributed by atoms with Gasteiger partial charge in [-0.15, -0.1) is 10.2 Å². The number of nitrogens with zero attached hydrogens (tertiary/aromatic N) is 5. The minimum atomic E-state index is -0.411. The summed E-state index contributed by atoms with van der Waals surface area (Å²) in [6, 6.07) is 6.76. The molecule has 5 nitrogen and oxygen atoms in total. The Balaban J connectivity index is 1.86. The molecule has 134 valence electrons. The van der Waals surface area contributed by atoms with Crippen LogP contribution < -0.4 is 4.90 Å². The molecule has 1 aliphatic heterocycles. The van der Waals surface area contributed by atoms with E-state index in [0.29, 0.717) is 22.3 Å². The highest BCUT2D eigenvalue weighted by atomic mass is 35.5. The maximum atomic E-state index is 14.4. The summed E-state index contributed by atoms with van der Waals surface area (Å²) in [5.41, 5.74) is 0.887. The second-order valence-corrected chi connectivity index (χ2v) is 7.16. The van der Waals surface area contributed by atoms with Crippen LogP contribution >= 0.6 is 11.6 Å². The lowest BCUT2D eigenvalue weighted by molar-refractivity contribution is 0.275. The van der Waals surface area contributed by atoms with Crippen molar-refractivity contribution in [3.05, 3.63) is 47.5 Å². The third-order valence-electron chi connectivity index (χ3n) is 4.85. The Bertz CT molecular complexity index is 964. The molecule has 1 aliphatic rings. The highest BCUT2D eigenvalue weighted by molar-refractivity contribution is 6.30. The molecular weight excluding hydrogens is 353 g/mol. The Hall–Kier alpha value is -2.31. The van der Waals surface area contributed by atoms with Gasteiger partial charge in [-0.2, -0.15) is 0 Å². The van der Waals surface area contributed by atoms with Crippen LogP contribution in [0.2, 0.25) is 5.02 Å². The van der Waals surface area contributed by atoms with Gasteiger partial charge in [-0.3, -0.25) is 4.98 Å². The Labute approximate surface area is 156 Å². The number of hydrogen-bond acceptors (Lipinski definition) is 5. The van der Waals surface area contributed by atoms with E-state index in [4.69, 9.17) is 11.6 Å². The van der Waals surface area contributed by atoms with Gasteiger partial charge in [0.25, 0.3) is 0 Å². The fourth-order valence-corrected chi connectivity index (χ4v) is 3.69. The number of pyridine rings is 1. The predicted octanol–water partition coefficient (Wildman–Crippen LogP) is 3.62. The molecule has 0 amide bonds. The molecule has 1 saturated heterocycles. The molecule has 7 heteroatoms. The summed E-state index contributed by atoms with van der Waals surface area (Å²) in [4.78, 5) is 8.81. The maximum absolute atomic E-state index is 14.4. The Kier molecular flexibility index (Phi) is 4.46. The molecule has 1 aromatic carbocycles. The van der Waals surface area contributed by atoms with E-state index in [2.05, 4.69) is 39.0 Å². The SMILES string of the molecule is CC1CN(C)CCN1c1nnc(-c2ccc(Cl)cc2F)c2ccncc12. The van der Waals surface area contributed by atoms with Crippen molar-refractivity contribution in [2.24, 2.45) is 0 Å². The molecule has 0 aliphatic carbocycles. The number of halogens is 2. The molecule has 0 saturated carbocycles. The van der Waals surface area contributed by atoms with E-state index >= 15 is 0 Å². The van der Waals surface area contributed by atoms with Crippen molar-refractivity contribution in [2.75, 3.05) is 31.6 Å². The molecule has 0 radical (unpaired) electrons. The van der Waals surface area contributed by atoms with Crippen molar-refractivity contribution in [3.63, 3.8) is 0 Å². The van der Waals surface area contributed by atoms with Crippen molar-refractivity contribution in [3.8, 4) is 11.3 Å². The third-order valence-corrected chi connectivity index (χ3v) is 5.09. The summed E-state index contributed by atoms with van der Waals surface area (Å²) in [7, 11) is 2.12. The predicted molar refractivity (Wildman–Crippen MR) is 102 cm³/mol. The topological polar surface area (TPSA) is 45.2 Å². The van der Waals surface area contributed by atoms with Crippen molar-refractivity contribution < 1.29 is 4.39 Å². The zero-order chi connectivity index (χ0) is 18.3. The molecule has 0 N–H and O–H groups in total. The van der Waals surface area contributed by atoms with Crippen LogP contribution in [0.5, 0.6) is 0 Å². The van der Waals surface area contributed by atoms with Gasteiger partial charge in [0, 0.05) is 59.4 Å². The number of rotatable bonds is 2. The first-order valence-electron chi connectivity index (χ1n) is 8.55. The van der Waals surface area contributed by atoms with E-state index in [1.165, 1.54) is 6.07 Å². The van der Waals surface area contributed by atoms with Crippen LogP contribution in [-0.2, 0) is 0 Å². The first-order valence-corrected chi connectivity index (χ1v) is 8.93. The average Bonchev–Trinajstić information content (AvgIpc) is 2.62. The maximum Gasteiger partial charge on any atom is 0.161 e. The van der Waals surface area contributed by atoms with Crippen LogP contribution in [0.1, 0.15) is 6.92 Å². The fraction of sp³-hybridized carbons (Fsp3) is 0.316. The summed E-state index contributed by atoms with van der Waals surface area (Å²) in [6.07, 6.45) is 3.47. The number of aromatic nitrogens is 3. The highest BCUT2D eigenvalue weighted by Crippen LogP contribution is 2.33. The largest absolute Gasteiger partial charge is 0.349 e. The highest BCUT2D eigenvalue weighted by Gasteiger charge is 2.25. The summed E-state index contributed by atoms with van der Waals surface area (Å²) in [5.74, 6) is 0.387. The Morgan fingerprint density at radius 3 is 2.77 bits per heavy atom. The summed E-state index contributed by atoms with van der Waals surface area (Å²) < 4.78 is 14.4. The van der Waals surface area contributed by atoms with Crippen LogP contribution in [0, 0.1) is 5.82 Å². The molecule has 1 fully saturated rings. The van der Waals surface area contributed by atoms with Crippen LogP contribution in [-0.4, -0.2) is 52.8 Å². The lowest BCUT2D eigenvalue weighted by atomic mass is 10.0.